The Hall–Kier alpha value is -2.04. The van der Waals surface area contributed by atoms with Gasteiger partial charge >= 0.3 is 6.03 Å². The molecule has 0 unspecified atom stereocenters. The van der Waals surface area contributed by atoms with Crippen LogP contribution in [0.2, 0.25) is 0 Å². The Morgan fingerprint density at radius 3 is 2.36 bits per heavy atom. The number of anilines is 1. The van der Waals surface area contributed by atoms with Crippen LogP contribution in [0.15, 0.2) is 24.3 Å². The van der Waals surface area contributed by atoms with E-state index in [0.29, 0.717) is 17.3 Å². The lowest BCUT2D eigenvalue weighted by molar-refractivity contribution is 0.0951. The molecule has 5 heteroatoms. The van der Waals surface area contributed by atoms with Crippen molar-refractivity contribution in [2.24, 2.45) is 0 Å². The smallest absolute Gasteiger partial charge is 0.319 e. The van der Waals surface area contributed by atoms with Gasteiger partial charge in [0.1, 0.15) is 0 Å². The minimum Gasteiger partial charge on any atom is -0.349 e. The molecule has 0 bridgehead atoms. The first-order chi connectivity index (χ1) is 10.7. The van der Waals surface area contributed by atoms with Gasteiger partial charge in [0, 0.05) is 23.3 Å². The molecule has 2 fully saturated rings. The van der Waals surface area contributed by atoms with Crippen molar-refractivity contribution >= 4 is 17.6 Å². The third-order valence-corrected chi connectivity index (χ3v) is 4.24. The molecule has 0 atom stereocenters. The van der Waals surface area contributed by atoms with E-state index in [4.69, 9.17) is 0 Å². The van der Waals surface area contributed by atoms with E-state index in [9.17, 15) is 9.59 Å². The average molecular weight is 301 g/mol. The molecule has 5 nitrogen and oxygen atoms in total. The van der Waals surface area contributed by atoms with Gasteiger partial charge in [-0.2, -0.15) is 0 Å². The highest BCUT2D eigenvalue weighted by Gasteiger charge is 2.23. The third kappa shape index (κ3) is 4.23. The van der Waals surface area contributed by atoms with Crippen LogP contribution in [-0.4, -0.2) is 24.0 Å². The molecule has 0 heterocycles. The Kier molecular flexibility index (Phi) is 4.61. The summed E-state index contributed by atoms with van der Waals surface area (Å²) in [5.41, 5.74) is 1.24. The molecular weight excluding hydrogens is 278 g/mol. The van der Waals surface area contributed by atoms with Crippen LogP contribution in [0.3, 0.4) is 0 Å². The summed E-state index contributed by atoms with van der Waals surface area (Å²) in [6.45, 7) is 0. The minimum absolute atomic E-state index is 0.0705. The van der Waals surface area contributed by atoms with Crippen LogP contribution in [0, 0.1) is 0 Å². The number of hydrogen-bond donors (Lipinski definition) is 3. The van der Waals surface area contributed by atoms with Crippen molar-refractivity contribution in [3.05, 3.63) is 29.8 Å². The molecular formula is C17H23N3O2. The fourth-order valence-electron chi connectivity index (χ4n) is 2.83. The Labute approximate surface area is 130 Å². The van der Waals surface area contributed by atoms with E-state index in [1.807, 2.05) is 0 Å². The van der Waals surface area contributed by atoms with Gasteiger partial charge in [0.05, 0.1) is 0 Å². The van der Waals surface area contributed by atoms with E-state index >= 15 is 0 Å². The maximum atomic E-state index is 12.0. The Morgan fingerprint density at radius 2 is 1.64 bits per heavy atom. The van der Waals surface area contributed by atoms with E-state index in [0.717, 1.165) is 25.7 Å². The first-order valence-corrected chi connectivity index (χ1v) is 8.19. The topological polar surface area (TPSA) is 70.2 Å². The number of urea groups is 1. The van der Waals surface area contributed by atoms with Crippen LogP contribution in [0.25, 0.3) is 0 Å². The summed E-state index contributed by atoms with van der Waals surface area (Å²) in [6.07, 6.45) is 7.86. The molecule has 2 saturated carbocycles. The molecule has 2 aliphatic rings. The zero-order valence-electron chi connectivity index (χ0n) is 12.7. The van der Waals surface area contributed by atoms with Gasteiger partial charge in [-0.25, -0.2) is 4.79 Å². The highest BCUT2D eigenvalue weighted by atomic mass is 16.2. The number of nitrogens with one attached hydrogen (secondary N) is 3. The standard InChI is InChI=1S/C17H23N3O2/c21-16(18-14-9-10-14)12-5-4-8-15(11-12)20-17(22)19-13-6-2-1-3-7-13/h4-5,8,11,13-14H,1-3,6-7,9-10H2,(H,18,21)(H2,19,20,22). The van der Waals surface area contributed by atoms with Gasteiger partial charge in [0.2, 0.25) is 0 Å². The molecule has 22 heavy (non-hydrogen) atoms. The van der Waals surface area contributed by atoms with Crippen molar-refractivity contribution in [3.8, 4) is 0 Å². The third-order valence-electron chi connectivity index (χ3n) is 4.24. The quantitative estimate of drug-likeness (QED) is 0.800. The Balaban J connectivity index is 1.54. The van der Waals surface area contributed by atoms with Gasteiger partial charge in [0.25, 0.3) is 5.91 Å². The summed E-state index contributed by atoms with van der Waals surface area (Å²) in [5.74, 6) is -0.0705. The molecule has 118 valence electrons. The number of amides is 3. The zero-order valence-corrected chi connectivity index (χ0v) is 12.7. The lowest BCUT2D eigenvalue weighted by Crippen LogP contribution is -2.39. The second kappa shape index (κ2) is 6.81. The second-order valence-electron chi connectivity index (χ2n) is 6.26. The summed E-state index contributed by atoms with van der Waals surface area (Å²) < 4.78 is 0. The van der Waals surface area contributed by atoms with Crippen LogP contribution in [0.1, 0.15) is 55.3 Å². The van der Waals surface area contributed by atoms with E-state index in [-0.39, 0.29) is 18.0 Å². The molecule has 0 aromatic heterocycles. The zero-order chi connectivity index (χ0) is 15.4. The molecule has 3 amide bonds. The molecule has 0 aliphatic heterocycles. The van der Waals surface area contributed by atoms with Crippen molar-refractivity contribution in [3.63, 3.8) is 0 Å². The van der Waals surface area contributed by atoms with E-state index in [1.165, 1.54) is 19.3 Å². The summed E-state index contributed by atoms with van der Waals surface area (Å²) >= 11 is 0. The highest BCUT2D eigenvalue weighted by molar-refractivity contribution is 5.97. The maximum absolute atomic E-state index is 12.0. The van der Waals surface area contributed by atoms with Crippen LogP contribution in [-0.2, 0) is 0 Å². The molecule has 1 aromatic carbocycles. The maximum Gasteiger partial charge on any atom is 0.319 e. The highest BCUT2D eigenvalue weighted by Crippen LogP contribution is 2.20. The second-order valence-corrected chi connectivity index (χ2v) is 6.26. The van der Waals surface area contributed by atoms with Crippen molar-refractivity contribution < 1.29 is 9.59 Å². The van der Waals surface area contributed by atoms with Crippen molar-refractivity contribution in [1.82, 2.24) is 10.6 Å². The van der Waals surface area contributed by atoms with E-state index in [1.54, 1.807) is 24.3 Å². The first-order valence-electron chi connectivity index (χ1n) is 8.19. The minimum atomic E-state index is -0.188. The van der Waals surface area contributed by atoms with Gasteiger partial charge in [0.15, 0.2) is 0 Å². The lowest BCUT2D eigenvalue weighted by Gasteiger charge is -2.22. The molecule has 0 spiro atoms. The van der Waals surface area contributed by atoms with Crippen LogP contribution < -0.4 is 16.0 Å². The summed E-state index contributed by atoms with van der Waals surface area (Å²) in [5, 5.41) is 8.78. The monoisotopic (exact) mass is 301 g/mol. The van der Waals surface area contributed by atoms with Crippen molar-refractivity contribution in [2.75, 3.05) is 5.32 Å². The predicted molar refractivity (Wildman–Crippen MR) is 86.0 cm³/mol. The number of rotatable bonds is 4. The fraction of sp³-hybridized carbons (Fsp3) is 0.529. The molecule has 3 N–H and O–H groups in total. The molecule has 0 saturated heterocycles. The van der Waals surface area contributed by atoms with Crippen molar-refractivity contribution in [2.45, 2.75) is 57.0 Å². The van der Waals surface area contributed by atoms with Gasteiger partial charge in [-0.05, 0) is 43.9 Å². The van der Waals surface area contributed by atoms with Gasteiger partial charge < -0.3 is 16.0 Å². The van der Waals surface area contributed by atoms with E-state index < -0.39 is 0 Å². The van der Waals surface area contributed by atoms with Gasteiger partial charge in [-0.1, -0.05) is 25.3 Å². The summed E-state index contributed by atoms with van der Waals surface area (Å²) in [4.78, 5) is 24.0. The largest absolute Gasteiger partial charge is 0.349 e. The number of hydrogen-bond acceptors (Lipinski definition) is 2. The summed E-state index contributed by atoms with van der Waals surface area (Å²) in [7, 11) is 0. The number of benzene rings is 1. The normalized spacial score (nSPS) is 18.5. The van der Waals surface area contributed by atoms with Crippen LogP contribution >= 0.6 is 0 Å². The average Bonchev–Trinajstić information content (AvgIpc) is 3.32. The first kappa shape index (κ1) is 14.9. The van der Waals surface area contributed by atoms with Crippen LogP contribution in [0.4, 0.5) is 10.5 Å². The van der Waals surface area contributed by atoms with E-state index in [2.05, 4.69) is 16.0 Å². The molecule has 2 aliphatic carbocycles. The molecule has 1 aromatic rings. The van der Waals surface area contributed by atoms with Crippen LogP contribution in [0.5, 0.6) is 0 Å². The summed E-state index contributed by atoms with van der Waals surface area (Å²) in [6, 6.07) is 7.49. The number of carbonyl (C=O) groups is 2. The Bertz CT molecular complexity index is 549. The Morgan fingerprint density at radius 1 is 0.909 bits per heavy atom. The molecule has 3 rings (SSSR count). The predicted octanol–water partition coefficient (Wildman–Crippen LogP) is 3.03. The van der Waals surface area contributed by atoms with Gasteiger partial charge in [-0.3, -0.25) is 4.79 Å². The molecule has 0 radical (unpaired) electrons. The SMILES string of the molecule is O=C(Nc1cccc(C(=O)NC2CC2)c1)NC1CCCCC1. The van der Waals surface area contributed by atoms with Crippen molar-refractivity contribution in [1.29, 1.82) is 0 Å². The van der Waals surface area contributed by atoms with Gasteiger partial charge in [-0.15, -0.1) is 0 Å². The lowest BCUT2D eigenvalue weighted by atomic mass is 9.96. The fourth-order valence-corrected chi connectivity index (χ4v) is 2.83. The number of carbonyl (C=O) groups excluding carboxylic acids is 2.